The van der Waals surface area contributed by atoms with Crippen molar-refractivity contribution in [3.63, 3.8) is 0 Å². The third-order valence-electron chi connectivity index (χ3n) is 1.79. The van der Waals surface area contributed by atoms with Gasteiger partial charge in [-0.2, -0.15) is 14.0 Å². The molecule has 0 bridgehead atoms. The molecule has 0 saturated carbocycles. The fourth-order valence-corrected chi connectivity index (χ4v) is 1.33. The molecule has 0 atom stereocenters. The lowest BCUT2D eigenvalue weighted by Crippen LogP contribution is -2.07. The summed E-state index contributed by atoms with van der Waals surface area (Å²) in [4.78, 5) is 11.3. The van der Waals surface area contributed by atoms with Crippen LogP contribution in [0.4, 0.5) is 8.78 Å². The molecule has 1 rings (SSSR count). The number of carbonyl (C=O) groups excluding carboxylic acids is 1. The maximum Gasteiger partial charge on any atom is 0.387 e. The standard InChI is InChI=1S/C10H6ClF2NO3/c1-16-9(15)6-2-5(4-14)3-7(8(6)11)17-10(12)13/h2-3,10H,1H3. The molecule has 0 radical (unpaired) electrons. The van der Waals surface area contributed by atoms with E-state index in [1.54, 1.807) is 6.07 Å². The van der Waals surface area contributed by atoms with Gasteiger partial charge in [-0.05, 0) is 12.1 Å². The molecule has 0 N–H and O–H groups in total. The summed E-state index contributed by atoms with van der Waals surface area (Å²) in [7, 11) is 1.10. The number of hydrogen-bond acceptors (Lipinski definition) is 4. The zero-order valence-corrected chi connectivity index (χ0v) is 9.29. The van der Waals surface area contributed by atoms with Gasteiger partial charge in [0.25, 0.3) is 0 Å². The fraction of sp³-hybridized carbons (Fsp3) is 0.200. The number of nitrogens with zero attached hydrogens (tertiary/aromatic N) is 1. The van der Waals surface area contributed by atoms with Crippen molar-refractivity contribution in [1.82, 2.24) is 0 Å². The van der Waals surface area contributed by atoms with Crippen LogP contribution in [-0.2, 0) is 4.74 Å². The van der Waals surface area contributed by atoms with Crippen molar-refractivity contribution in [2.45, 2.75) is 6.61 Å². The Morgan fingerprint density at radius 2 is 2.18 bits per heavy atom. The molecule has 4 nitrogen and oxygen atoms in total. The molecule has 0 aliphatic carbocycles. The predicted octanol–water partition coefficient (Wildman–Crippen LogP) is 2.60. The van der Waals surface area contributed by atoms with Crippen molar-refractivity contribution in [3.8, 4) is 11.8 Å². The molecule has 0 aliphatic heterocycles. The highest BCUT2D eigenvalue weighted by Crippen LogP contribution is 2.31. The number of carbonyl (C=O) groups is 1. The first-order chi connectivity index (χ1) is 7.99. The van der Waals surface area contributed by atoms with Crippen LogP contribution < -0.4 is 4.74 Å². The van der Waals surface area contributed by atoms with Crippen molar-refractivity contribution in [2.75, 3.05) is 7.11 Å². The summed E-state index contributed by atoms with van der Waals surface area (Å²) in [5.41, 5.74) is -0.241. The van der Waals surface area contributed by atoms with Gasteiger partial charge in [0, 0.05) is 0 Å². The Morgan fingerprint density at radius 3 is 2.65 bits per heavy atom. The molecule has 1 aromatic carbocycles. The van der Waals surface area contributed by atoms with Crippen LogP contribution in [0.25, 0.3) is 0 Å². The van der Waals surface area contributed by atoms with Crippen LogP contribution in [0.3, 0.4) is 0 Å². The molecule has 7 heteroatoms. The van der Waals surface area contributed by atoms with Crippen LogP contribution in [0.15, 0.2) is 12.1 Å². The molecule has 17 heavy (non-hydrogen) atoms. The molecule has 0 spiro atoms. The summed E-state index contributed by atoms with van der Waals surface area (Å²) in [6.07, 6.45) is 0. The molecule has 0 aliphatic rings. The van der Waals surface area contributed by atoms with E-state index in [9.17, 15) is 13.6 Å². The summed E-state index contributed by atoms with van der Waals surface area (Å²) in [6, 6.07) is 3.84. The first kappa shape index (κ1) is 13.2. The zero-order valence-electron chi connectivity index (χ0n) is 8.54. The Morgan fingerprint density at radius 1 is 1.53 bits per heavy atom. The van der Waals surface area contributed by atoms with E-state index >= 15 is 0 Å². The highest BCUT2D eigenvalue weighted by Gasteiger charge is 2.19. The van der Waals surface area contributed by atoms with Crippen LogP contribution in [0.5, 0.6) is 5.75 Å². The van der Waals surface area contributed by atoms with Gasteiger partial charge in [-0.1, -0.05) is 11.6 Å². The topological polar surface area (TPSA) is 59.3 Å². The van der Waals surface area contributed by atoms with E-state index in [0.717, 1.165) is 19.2 Å². The molecule has 0 saturated heterocycles. The van der Waals surface area contributed by atoms with E-state index in [1.807, 2.05) is 0 Å². The van der Waals surface area contributed by atoms with Gasteiger partial charge in [0.15, 0.2) is 0 Å². The molecule has 0 amide bonds. The first-order valence-electron chi connectivity index (χ1n) is 4.26. The Hall–Kier alpha value is -1.87. The Balaban J connectivity index is 3.31. The largest absolute Gasteiger partial charge is 0.465 e. The molecule has 0 unspecified atom stereocenters. The first-order valence-corrected chi connectivity index (χ1v) is 4.64. The van der Waals surface area contributed by atoms with E-state index in [0.29, 0.717) is 0 Å². The van der Waals surface area contributed by atoms with Gasteiger partial charge in [0.05, 0.1) is 29.3 Å². The van der Waals surface area contributed by atoms with E-state index < -0.39 is 18.3 Å². The summed E-state index contributed by atoms with van der Waals surface area (Å²) < 4.78 is 32.6. The van der Waals surface area contributed by atoms with Crippen molar-refractivity contribution < 1.29 is 23.0 Å². The summed E-state index contributed by atoms with van der Waals surface area (Å²) in [5.74, 6) is -1.28. The van der Waals surface area contributed by atoms with Gasteiger partial charge in [0.2, 0.25) is 0 Å². The lowest BCUT2D eigenvalue weighted by atomic mass is 10.1. The second kappa shape index (κ2) is 5.46. The number of nitriles is 1. The van der Waals surface area contributed by atoms with Crippen LogP contribution in [0.2, 0.25) is 5.02 Å². The molecule has 1 aromatic rings. The number of methoxy groups -OCH3 is 1. The summed E-state index contributed by atoms with van der Waals surface area (Å²) in [5, 5.41) is 8.35. The minimum absolute atomic E-state index is 0.0366. The number of ether oxygens (including phenoxy) is 2. The van der Waals surface area contributed by atoms with Crippen molar-refractivity contribution in [1.29, 1.82) is 5.26 Å². The smallest absolute Gasteiger partial charge is 0.387 e. The van der Waals surface area contributed by atoms with Gasteiger partial charge >= 0.3 is 12.6 Å². The van der Waals surface area contributed by atoms with Crippen molar-refractivity contribution >= 4 is 17.6 Å². The molecule has 0 aromatic heterocycles. The number of hydrogen-bond donors (Lipinski definition) is 0. The molecule has 90 valence electrons. The Bertz CT molecular complexity index is 485. The minimum Gasteiger partial charge on any atom is -0.465 e. The van der Waals surface area contributed by atoms with E-state index in [2.05, 4.69) is 9.47 Å². The number of esters is 1. The summed E-state index contributed by atoms with van der Waals surface area (Å²) in [6.45, 7) is -3.10. The summed E-state index contributed by atoms with van der Waals surface area (Å²) >= 11 is 5.69. The lowest BCUT2D eigenvalue weighted by molar-refractivity contribution is -0.0498. The average molecular weight is 262 g/mol. The van der Waals surface area contributed by atoms with Crippen LogP contribution >= 0.6 is 11.6 Å². The Kier molecular flexibility index (Phi) is 4.24. The molecule has 0 fully saturated rings. The van der Waals surface area contributed by atoms with Gasteiger partial charge < -0.3 is 9.47 Å². The second-order valence-corrected chi connectivity index (χ2v) is 3.20. The number of rotatable bonds is 3. The number of benzene rings is 1. The van der Waals surface area contributed by atoms with Crippen LogP contribution in [-0.4, -0.2) is 19.7 Å². The van der Waals surface area contributed by atoms with E-state index in [4.69, 9.17) is 16.9 Å². The lowest BCUT2D eigenvalue weighted by Gasteiger charge is -2.10. The van der Waals surface area contributed by atoms with Gasteiger partial charge in [-0.3, -0.25) is 0 Å². The minimum atomic E-state index is -3.10. The average Bonchev–Trinajstić information content (AvgIpc) is 2.30. The third-order valence-corrected chi connectivity index (χ3v) is 2.18. The Labute approximate surface area is 100 Å². The van der Waals surface area contributed by atoms with Crippen molar-refractivity contribution in [3.05, 3.63) is 28.3 Å². The van der Waals surface area contributed by atoms with Gasteiger partial charge in [0.1, 0.15) is 5.75 Å². The van der Waals surface area contributed by atoms with E-state index in [-0.39, 0.29) is 16.1 Å². The monoisotopic (exact) mass is 261 g/mol. The molecule has 0 heterocycles. The highest BCUT2D eigenvalue weighted by molar-refractivity contribution is 6.35. The highest BCUT2D eigenvalue weighted by atomic mass is 35.5. The normalized spacial score (nSPS) is 9.88. The SMILES string of the molecule is COC(=O)c1cc(C#N)cc(OC(F)F)c1Cl. The quantitative estimate of drug-likeness (QED) is 0.785. The predicted molar refractivity (Wildman–Crippen MR) is 54.1 cm³/mol. The van der Waals surface area contributed by atoms with E-state index in [1.165, 1.54) is 0 Å². The maximum atomic E-state index is 12.1. The third kappa shape index (κ3) is 3.04. The number of halogens is 3. The fourth-order valence-electron chi connectivity index (χ4n) is 1.10. The van der Waals surface area contributed by atoms with Crippen LogP contribution in [0, 0.1) is 11.3 Å². The van der Waals surface area contributed by atoms with Gasteiger partial charge in [-0.15, -0.1) is 0 Å². The van der Waals surface area contributed by atoms with Crippen LogP contribution in [0.1, 0.15) is 15.9 Å². The number of alkyl halides is 2. The molecular weight excluding hydrogens is 256 g/mol. The zero-order chi connectivity index (χ0) is 13.0. The second-order valence-electron chi connectivity index (χ2n) is 2.82. The van der Waals surface area contributed by atoms with Crippen molar-refractivity contribution in [2.24, 2.45) is 0 Å². The maximum absolute atomic E-state index is 12.1. The molecular formula is C10H6ClF2NO3. The van der Waals surface area contributed by atoms with Gasteiger partial charge in [-0.25, -0.2) is 4.79 Å².